The Morgan fingerprint density at radius 2 is 1.55 bits per heavy atom. The maximum Gasteiger partial charge on any atom is 0.191 e. The summed E-state index contributed by atoms with van der Waals surface area (Å²) in [5.41, 5.74) is 4.26. The molecule has 0 amide bonds. The molecule has 0 saturated carbocycles. The highest BCUT2D eigenvalue weighted by molar-refractivity contribution is 6.31. The smallest absolute Gasteiger partial charge is 0.191 e. The van der Waals surface area contributed by atoms with Crippen molar-refractivity contribution in [3.63, 3.8) is 0 Å². The lowest BCUT2D eigenvalue weighted by molar-refractivity contribution is 0.824. The first kappa shape index (κ1) is 17.7. The minimum absolute atomic E-state index is 0.0347. The maximum atomic E-state index is 13.0. The largest absolute Gasteiger partial charge is 0.321 e. The Morgan fingerprint density at radius 1 is 0.828 bits per heavy atom. The van der Waals surface area contributed by atoms with E-state index < -0.39 is 0 Å². The van der Waals surface area contributed by atoms with Crippen LogP contribution in [0.25, 0.3) is 33.2 Å². The second-order valence-electron chi connectivity index (χ2n) is 6.99. The minimum Gasteiger partial charge on any atom is -0.321 e. The van der Waals surface area contributed by atoms with Crippen LogP contribution >= 0.6 is 11.6 Å². The van der Waals surface area contributed by atoms with Crippen molar-refractivity contribution in [2.24, 2.45) is 0 Å². The van der Waals surface area contributed by atoms with Crippen molar-refractivity contribution < 1.29 is 0 Å². The van der Waals surface area contributed by atoms with Gasteiger partial charge >= 0.3 is 0 Å². The molecular formula is C25H17ClN2O. The Morgan fingerprint density at radius 3 is 2.38 bits per heavy atom. The summed E-state index contributed by atoms with van der Waals surface area (Å²) < 4.78 is 2.08. The molecule has 0 fully saturated rings. The van der Waals surface area contributed by atoms with Crippen molar-refractivity contribution in [2.45, 2.75) is 6.54 Å². The van der Waals surface area contributed by atoms with Crippen LogP contribution in [0.3, 0.4) is 0 Å². The third kappa shape index (κ3) is 3.20. The zero-order chi connectivity index (χ0) is 19.8. The first-order valence-corrected chi connectivity index (χ1v) is 9.81. The van der Waals surface area contributed by atoms with Crippen LogP contribution in [-0.2, 0) is 6.54 Å². The molecule has 4 heteroatoms. The van der Waals surface area contributed by atoms with Gasteiger partial charge in [-0.1, -0.05) is 78.3 Å². The average molecular weight is 397 g/mol. The van der Waals surface area contributed by atoms with Crippen LogP contribution in [0.4, 0.5) is 0 Å². The van der Waals surface area contributed by atoms with E-state index in [9.17, 15) is 4.79 Å². The molecule has 0 bridgehead atoms. The molecule has 29 heavy (non-hydrogen) atoms. The zero-order valence-electron chi connectivity index (χ0n) is 15.5. The lowest BCUT2D eigenvalue weighted by Crippen LogP contribution is -2.14. The molecule has 0 unspecified atom stereocenters. The molecule has 5 aromatic rings. The molecule has 0 radical (unpaired) electrons. The summed E-state index contributed by atoms with van der Waals surface area (Å²) in [6, 6.07) is 29.2. The molecule has 0 aliphatic carbocycles. The van der Waals surface area contributed by atoms with E-state index in [0.717, 1.165) is 27.7 Å². The van der Waals surface area contributed by atoms with Gasteiger partial charge in [-0.2, -0.15) is 0 Å². The van der Waals surface area contributed by atoms with Gasteiger partial charge in [0.2, 0.25) is 0 Å². The SMILES string of the molecule is O=c1cc(-c2ccccc2)n(Cc2ccccc2Cl)c2nc3ccccc3cc12. The summed E-state index contributed by atoms with van der Waals surface area (Å²) in [7, 11) is 0. The molecule has 0 aliphatic rings. The Labute approximate surface area is 172 Å². The third-order valence-electron chi connectivity index (χ3n) is 5.14. The molecule has 0 saturated heterocycles. The van der Waals surface area contributed by atoms with E-state index in [4.69, 9.17) is 16.6 Å². The van der Waals surface area contributed by atoms with E-state index in [1.807, 2.05) is 84.9 Å². The molecular weight excluding hydrogens is 380 g/mol. The molecule has 0 spiro atoms. The van der Waals surface area contributed by atoms with Crippen LogP contribution in [-0.4, -0.2) is 9.55 Å². The molecule has 0 atom stereocenters. The molecule has 2 heterocycles. The van der Waals surface area contributed by atoms with E-state index in [1.165, 1.54) is 0 Å². The van der Waals surface area contributed by atoms with E-state index in [2.05, 4.69) is 4.57 Å². The van der Waals surface area contributed by atoms with Gasteiger partial charge in [0.05, 0.1) is 23.1 Å². The quantitative estimate of drug-likeness (QED) is 0.355. The first-order valence-electron chi connectivity index (χ1n) is 9.43. The lowest BCUT2D eigenvalue weighted by atomic mass is 10.1. The standard InChI is InChI=1S/C25H17ClN2O/c26-21-12-6-4-11-19(21)16-28-23(17-8-2-1-3-9-17)15-24(29)20-14-18-10-5-7-13-22(18)27-25(20)28/h1-15H,16H2. The Kier molecular flexibility index (Phi) is 4.38. The highest BCUT2D eigenvalue weighted by atomic mass is 35.5. The Bertz CT molecular complexity index is 1410. The van der Waals surface area contributed by atoms with Crippen molar-refractivity contribution in [2.75, 3.05) is 0 Å². The number of nitrogens with zero attached hydrogens (tertiary/aromatic N) is 2. The van der Waals surface area contributed by atoms with Gasteiger partial charge in [-0.05, 0) is 29.3 Å². The van der Waals surface area contributed by atoms with Gasteiger partial charge in [0, 0.05) is 16.5 Å². The van der Waals surface area contributed by atoms with Crippen molar-refractivity contribution >= 4 is 33.5 Å². The van der Waals surface area contributed by atoms with E-state index >= 15 is 0 Å². The summed E-state index contributed by atoms with van der Waals surface area (Å²) in [5, 5.41) is 2.25. The van der Waals surface area contributed by atoms with Crippen molar-refractivity contribution in [1.82, 2.24) is 9.55 Å². The van der Waals surface area contributed by atoms with Crippen molar-refractivity contribution in [3.05, 3.63) is 112 Å². The Balaban J connectivity index is 1.87. The van der Waals surface area contributed by atoms with Gasteiger partial charge in [0.15, 0.2) is 5.43 Å². The Hall–Kier alpha value is -3.43. The number of hydrogen-bond acceptors (Lipinski definition) is 2. The summed E-state index contributed by atoms with van der Waals surface area (Å²) in [4.78, 5) is 17.9. The van der Waals surface area contributed by atoms with Gasteiger partial charge < -0.3 is 4.57 Å². The summed E-state index contributed by atoms with van der Waals surface area (Å²) in [6.45, 7) is 0.520. The van der Waals surface area contributed by atoms with Crippen molar-refractivity contribution in [1.29, 1.82) is 0 Å². The number of fused-ring (bicyclic) bond motifs is 2. The molecule has 3 nitrogen and oxygen atoms in total. The topological polar surface area (TPSA) is 34.9 Å². The van der Waals surface area contributed by atoms with E-state index in [0.29, 0.717) is 22.6 Å². The van der Waals surface area contributed by atoms with Crippen LogP contribution in [0, 0.1) is 0 Å². The molecule has 3 aromatic carbocycles. The second-order valence-corrected chi connectivity index (χ2v) is 7.40. The van der Waals surface area contributed by atoms with Crippen LogP contribution in [0.5, 0.6) is 0 Å². The van der Waals surface area contributed by atoms with Gasteiger partial charge in [0.1, 0.15) is 5.65 Å². The van der Waals surface area contributed by atoms with Gasteiger partial charge in [0.25, 0.3) is 0 Å². The first-order chi connectivity index (χ1) is 14.2. The van der Waals surface area contributed by atoms with Crippen LogP contribution in [0.2, 0.25) is 5.02 Å². The fraction of sp³-hybridized carbons (Fsp3) is 0.0400. The van der Waals surface area contributed by atoms with Crippen molar-refractivity contribution in [3.8, 4) is 11.3 Å². The summed E-state index contributed by atoms with van der Waals surface area (Å²) in [6.07, 6.45) is 0. The number of aromatic nitrogens is 2. The monoisotopic (exact) mass is 396 g/mol. The van der Waals surface area contributed by atoms with Crippen LogP contribution in [0.1, 0.15) is 5.56 Å². The zero-order valence-corrected chi connectivity index (χ0v) is 16.3. The fourth-order valence-corrected chi connectivity index (χ4v) is 3.89. The number of hydrogen-bond donors (Lipinski definition) is 0. The van der Waals surface area contributed by atoms with Gasteiger partial charge in [-0.3, -0.25) is 4.79 Å². The number of benzene rings is 3. The van der Waals surface area contributed by atoms with Crippen LogP contribution < -0.4 is 5.43 Å². The molecule has 2 aromatic heterocycles. The minimum atomic E-state index is -0.0347. The van der Waals surface area contributed by atoms with Crippen LogP contribution in [0.15, 0.2) is 95.8 Å². The van der Waals surface area contributed by atoms with E-state index in [1.54, 1.807) is 6.07 Å². The number of para-hydroxylation sites is 1. The van der Waals surface area contributed by atoms with Gasteiger partial charge in [-0.25, -0.2) is 4.98 Å². The third-order valence-corrected chi connectivity index (χ3v) is 5.51. The van der Waals surface area contributed by atoms with Gasteiger partial charge in [-0.15, -0.1) is 0 Å². The highest BCUT2D eigenvalue weighted by Crippen LogP contribution is 2.27. The van der Waals surface area contributed by atoms with E-state index in [-0.39, 0.29) is 5.43 Å². The predicted molar refractivity (Wildman–Crippen MR) is 119 cm³/mol. The maximum absolute atomic E-state index is 13.0. The average Bonchev–Trinajstić information content (AvgIpc) is 2.76. The predicted octanol–water partition coefficient (Wildman–Crippen LogP) is 5.92. The summed E-state index contributed by atoms with van der Waals surface area (Å²) >= 11 is 6.45. The number of pyridine rings is 2. The highest BCUT2D eigenvalue weighted by Gasteiger charge is 2.14. The molecule has 140 valence electrons. The second kappa shape index (κ2) is 7.19. The summed E-state index contributed by atoms with van der Waals surface area (Å²) in [5.74, 6) is 0. The fourth-order valence-electron chi connectivity index (χ4n) is 3.69. The lowest BCUT2D eigenvalue weighted by Gasteiger charge is -2.18. The number of halogens is 1. The molecule has 0 aliphatic heterocycles. The molecule has 0 N–H and O–H groups in total. The molecule has 5 rings (SSSR count). The number of rotatable bonds is 3. The normalized spacial score (nSPS) is 11.2.